The molecule has 31 heavy (non-hydrogen) atoms. The second kappa shape index (κ2) is 8.06. The first-order chi connectivity index (χ1) is 14.9. The van der Waals surface area contributed by atoms with E-state index in [0.29, 0.717) is 31.0 Å². The average Bonchev–Trinajstić information content (AvgIpc) is 3.43. The predicted octanol–water partition coefficient (Wildman–Crippen LogP) is 3.99. The Hall–Kier alpha value is -2.18. The van der Waals surface area contributed by atoms with E-state index in [0.717, 1.165) is 17.4 Å². The topological polar surface area (TPSA) is 66.5 Å². The van der Waals surface area contributed by atoms with Crippen molar-refractivity contribution in [1.82, 2.24) is 9.62 Å². The third-order valence-corrected chi connectivity index (χ3v) is 9.46. The Morgan fingerprint density at radius 2 is 1.87 bits per heavy atom. The molecule has 6 heteroatoms. The molecule has 5 rings (SSSR count). The summed E-state index contributed by atoms with van der Waals surface area (Å²) in [6.07, 6.45) is 5.83. The van der Waals surface area contributed by atoms with Gasteiger partial charge in [0.15, 0.2) is 0 Å². The minimum atomic E-state index is -3.66. The molecule has 4 atom stereocenters. The Morgan fingerprint density at radius 1 is 1.06 bits per heavy atom. The van der Waals surface area contributed by atoms with Gasteiger partial charge >= 0.3 is 0 Å². The van der Waals surface area contributed by atoms with Crippen LogP contribution in [0.3, 0.4) is 0 Å². The van der Waals surface area contributed by atoms with Crippen molar-refractivity contribution >= 4 is 15.9 Å². The lowest BCUT2D eigenvalue weighted by molar-refractivity contribution is 0.0915. The number of rotatable bonds is 5. The van der Waals surface area contributed by atoms with Gasteiger partial charge in [0, 0.05) is 24.7 Å². The van der Waals surface area contributed by atoms with Crippen LogP contribution >= 0.6 is 0 Å². The van der Waals surface area contributed by atoms with Gasteiger partial charge in [-0.05, 0) is 79.7 Å². The number of nitrogens with zero attached hydrogens (tertiary/aromatic N) is 1. The van der Waals surface area contributed by atoms with Crippen molar-refractivity contribution in [1.29, 1.82) is 0 Å². The third kappa shape index (κ3) is 3.92. The first-order valence-electron chi connectivity index (χ1n) is 11.4. The van der Waals surface area contributed by atoms with Gasteiger partial charge in [-0.15, -0.1) is 0 Å². The van der Waals surface area contributed by atoms with E-state index in [9.17, 15) is 13.2 Å². The van der Waals surface area contributed by atoms with Crippen molar-refractivity contribution < 1.29 is 13.2 Å². The highest BCUT2D eigenvalue weighted by molar-refractivity contribution is 7.89. The summed E-state index contributed by atoms with van der Waals surface area (Å²) in [5.41, 5.74) is 2.66. The Bertz CT molecular complexity index is 1100. The zero-order chi connectivity index (χ0) is 21.6. The second-order valence-corrected chi connectivity index (χ2v) is 11.4. The monoisotopic (exact) mass is 438 g/mol. The molecule has 0 radical (unpaired) electrons. The van der Waals surface area contributed by atoms with E-state index in [-0.39, 0.29) is 16.8 Å². The molecule has 2 bridgehead atoms. The second-order valence-electron chi connectivity index (χ2n) is 9.49. The van der Waals surface area contributed by atoms with Crippen LogP contribution in [-0.4, -0.2) is 31.2 Å². The van der Waals surface area contributed by atoms with Crippen LogP contribution in [0.15, 0.2) is 53.4 Å². The predicted molar refractivity (Wildman–Crippen MR) is 120 cm³/mol. The van der Waals surface area contributed by atoms with Gasteiger partial charge in [-0.25, -0.2) is 8.42 Å². The zero-order valence-corrected chi connectivity index (χ0v) is 18.8. The number of benzene rings is 2. The van der Waals surface area contributed by atoms with Gasteiger partial charge in [0.2, 0.25) is 10.0 Å². The highest BCUT2D eigenvalue weighted by Gasteiger charge is 2.42. The number of fused-ring (bicyclic) bond motifs is 3. The maximum absolute atomic E-state index is 13.3. The summed E-state index contributed by atoms with van der Waals surface area (Å²) in [4.78, 5) is 13.1. The van der Waals surface area contributed by atoms with Gasteiger partial charge in [-0.2, -0.15) is 4.31 Å². The number of nitrogens with one attached hydrogen (secondary N) is 1. The van der Waals surface area contributed by atoms with Crippen LogP contribution in [-0.2, 0) is 23.0 Å². The minimum absolute atomic E-state index is 0.113. The number of hydrogen-bond donors (Lipinski definition) is 1. The lowest BCUT2D eigenvalue weighted by atomic mass is 9.84. The number of amides is 1. The van der Waals surface area contributed by atoms with Crippen LogP contribution in [0.4, 0.5) is 0 Å². The SMILES string of the molecule is C[C@@H](NC(=O)c1cccc(S(=O)(=O)N2CCc3ccccc3C2)c1)[C@H]1C[C@H]2CC[C@H]1C2. The largest absolute Gasteiger partial charge is 0.349 e. The molecule has 3 aliphatic rings. The Balaban J connectivity index is 1.31. The molecular weight excluding hydrogens is 408 g/mol. The van der Waals surface area contributed by atoms with Crippen molar-refractivity contribution in [3.05, 3.63) is 65.2 Å². The van der Waals surface area contributed by atoms with Crippen LogP contribution in [0.25, 0.3) is 0 Å². The highest BCUT2D eigenvalue weighted by Crippen LogP contribution is 2.49. The fourth-order valence-electron chi connectivity index (χ4n) is 5.93. The number of sulfonamides is 1. The molecule has 2 aromatic rings. The summed E-state index contributed by atoms with van der Waals surface area (Å²) < 4.78 is 28.1. The van der Waals surface area contributed by atoms with Gasteiger partial charge in [0.1, 0.15) is 0 Å². The van der Waals surface area contributed by atoms with E-state index in [2.05, 4.69) is 18.3 Å². The summed E-state index contributed by atoms with van der Waals surface area (Å²) in [5, 5.41) is 3.15. The molecule has 0 aromatic heterocycles. The van der Waals surface area contributed by atoms with Crippen LogP contribution in [0.1, 0.15) is 54.1 Å². The molecule has 1 N–H and O–H groups in total. The molecule has 2 fully saturated rings. The molecule has 2 aliphatic carbocycles. The lowest BCUT2D eigenvalue weighted by Crippen LogP contribution is -2.40. The molecule has 0 unspecified atom stereocenters. The quantitative estimate of drug-likeness (QED) is 0.768. The van der Waals surface area contributed by atoms with Crippen LogP contribution in [0.5, 0.6) is 0 Å². The van der Waals surface area contributed by atoms with E-state index >= 15 is 0 Å². The summed E-state index contributed by atoms with van der Waals surface area (Å²) in [6, 6.07) is 14.6. The van der Waals surface area contributed by atoms with Gasteiger partial charge < -0.3 is 5.32 Å². The molecule has 1 aliphatic heterocycles. The normalized spacial score (nSPS) is 26.4. The van der Waals surface area contributed by atoms with E-state index < -0.39 is 10.0 Å². The molecule has 2 saturated carbocycles. The number of hydrogen-bond acceptors (Lipinski definition) is 3. The van der Waals surface area contributed by atoms with Crippen molar-refractivity contribution in [2.24, 2.45) is 17.8 Å². The summed E-state index contributed by atoms with van der Waals surface area (Å²) in [7, 11) is -3.66. The van der Waals surface area contributed by atoms with E-state index in [1.54, 1.807) is 18.2 Å². The molecule has 0 saturated heterocycles. The minimum Gasteiger partial charge on any atom is -0.349 e. The molecular formula is C25H30N2O3S. The molecule has 1 amide bonds. The molecule has 2 aromatic carbocycles. The lowest BCUT2D eigenvalue weighted by Gasteiger charge is -2.29. The first-order valence-corrected chi connectivity index (χ1v) is 12.8. The first kappa shape index (κ1) is 20.7. The van der Waals surface area contributed by atoms with Gasteiger partial charge in [0.25, 0.3) is 5.91 Å². The summed E-state index contributed by atoms with van der Waals surface area (Å²) >= 11 is 0. The highest BCUT2D eigenvalue weighted by atomic mass is 32.2. The van der Waals surface area contributed by atoms with Crippen LogP contribution in [0, 0.1) is 17.8 Å². The maximum Gasteiger partial charge on any atom is 0.251 e. The van der Waals surface area contributed by atoms with Crippen LogP contribution < -0.4 is 5.32 Å². The number of carbonyl (C=O) groups is 1. The van der Waals surface area contributed by atoms with E-state index in [4.69, 9.17) is 0 Å². The van der Waals surface area contributed by atoms with Crippen molar-refractivity contribution in [3.8, 4) is 0 Å². The molecule has 0 spiro atoms. The Kier molecular flexibility index (Phi) is 5.39. The standard InChI is InChI=1S/C25H30N2O3S/c1-17(24-14-18-9-10-20(24)13-18)26-25(28)21-7-4-8-23(15-21)31(29,30)27-12-11-19-5-2-3-6-22(19)16-27/h2-8,15,17-18,20,24H,9-14,16H2,1H3,(H,26,28)/t17-,18+,20+,24-/m1/s1. The maximum atomic E-state index is 13.3. The average molecular weight is 439 g/mol. The Morgan fingerprint density at radius 3 is 2.61 bits per heavy atom. The molecule has 5 nitrogen and oxygen atoms in total. The third-order valence-electron chi connectivity index (χ3n) is 7.62. The smallest absolute Gasteiger partial charge is 0.251 e. The fourth-order valence-corrected chi connectivity index (χ4v) is 7.39. The van der Waals surface area contributed by atoms with Crippen LogP contribution in [0.2, 0.25) is 0 Å². The zero-order valence-electron chi connectivity index (χ0n) is 18.0. The van der Waals surface area contributed by atoms with E-state index in [1.807, 2.05) is 18.2 Å². The van der Waals surface area contributed by atoms with Crippen molar-refractivity contribution in [2.45, 2.75) is 56.5 Å². The Labute approximate surface area is 184 Å². The van der Waals surface area contributed by atoms with E-state index in [1.165, 1.54) is 41.6 Å². The van der Waals surface area contributed by atoms with Gasteiger partial charge in [0.05, 0.1) is 4.90 Å². The summed E-state index contributed by atoms with van der Waals surface area (Å²) in [6.45, 7) is 2.92. The molecule has 1 heterocycles. The van der Waals surface area contributed by atoms with Crippen molar-refractivity contribution in [3.63, 3.8) is 0 Å². The summed E-state index contributed by atoms with van der Waals surface area (Å²) in [5.74, 6) is 1.92. The fraction of sp³-hybridized carbons (Fsp3) is 0.480. The van der Waals surface area contributed by atoms with Gasteiger partial charge in [-0.3, -0.25) is 4.79 Å². The number of carbonyl (C=O) groups excluding carboxylic acids is 1. The molecule has 164 valence electrons. The van der Waals surface area contributed by atoms with Gasteiger partial charge in [-0.1, -0.05) is 36.8 Å². The van der Waals surface area contributed by atoms with Crippen molar-refractivity contribution in [2.75, 3.05) is 6.54 Å².